The molecule has 1 unspecified atom stereocenters. The number of carbonyl (C=O) groups is 2. The van der Waals surface area contributed by atoms with E-state index in [4.69, 9.17) is 9.47 Å². The second kappa shape index (κ2) is 7.61. The van der Waals surface area contributed by atoms with Crippen molar-refractivity contribution in [2.24, 2.45) is 0 Å². The predicted octanol–water partition coefficient (Wildman–Crippen LogP) is 4.09. The topological polar surface area (TPSA) is 69.6 Å². The summed E-state index contributed by atoms with van der Waals surface area (Å²) in [6.45, 7) is 1.91. The van der Waals surface area contributed by atoms with E-state index in [0.717, 1.165) is 10.2 Å². The maximum absolute atomic E-state index is 13.0. The number of benzene rings is 1. The number of hydrogen-bond donors (Lipinski definition) is 1. The molecule has 0 aliphatic carbocycles. The molecule has 0 radical (unpaired) electrons. The molecule has 0 bridgehead atoms. The number of methoxy groups -OCH3 is 2. The van der Waals surface area contributed by atoms with Crippen LogP contribution in [-0.4, -0.2) is 30.7 Å². The van der Waals surface area contributed by atoms with Gasteiger partial charge in [0.15, 0.2) is 0 Å². The van der Waals surface area contributed by atoms with Crippen LogP contribution in [0.1, 0.15) is 29.9 Å². The van der Waals surface area contributed by atoms with E-state index in [9.17, 15) is 9.59 Å². The Morgan fingerprint density at radius 3 is 2.73 bits per heavy atom. The lowest BCUT2D eigenvalue weighted by Gasteiger charge is -2.20. The summed E-state index contributed by atoms with van der Waals surface area (Å²) in [5, 5.41) is 5.77. The minimum absolute atomic E-state index is 0.197. The largest absolute Gasteiger partial charge is 0.497 e. The number of amides is 1. The van der Waals surface area contributed by atoms with Crippen LogP contribution in [0.4, 0.5) is 5.69 Å². The van der Waals surface area contributed by atoms with E-state index in [2.05, 4.69) is 5.32 Å². The highest BCUT2D eigenvalue weighted by Crippen LogP contribution is 2.31. The maximum atomic E-state index is 13.0. The Morgan fingerprint density at radius 1 is 1.23 bits per heavy atom. The van der Waals surface area contributed by atoms with Gasteiger partial charge in [-0.3, -0.25) is 4.79 Å². The van der Waals surface area contributed by atoms with Crippen molar-refractivity contribution >= 4 is 39.1 Å². The van der Waals surface area contributed by atoms with Gasteiger partial charge in [-0.15, -0.1) is 11.3 Å². The highest BCUT2D eigenvalue weighted by Gasteiger charge is 2.27. The van der Waals surface area contributed by atoms with Crippen LogP contribution >= 0.6 is 11.3 Å². The summed E-state index contributed by atoms with van der Waals surface area (Å²) >= 11 is 1.49. The Bertz CT molecular complexity index is 944. The zero-order chi connectivity index (χ0) is 18.7. The average molecular weight is 372 g/mol. The summed E-state index contributed by atoms with van der Waals surface area (Å²) in [7, 11) is 2.91. The van der Waals surface area contributed by atoms with Crippen molar-refractivity contribution in [2.45, 2.75) is 19.4 Å². The van der Waals surface area contributed by atoms with Gasteiger partial charge in [-0.05, 0) is 36.1 Å². The van der Waals surface area contributed by atoms with Gasteiger partial charge < -0.3 is 19.4 Å². The highest BCUT2D eigenvalue weighted by molar-refractivity contribution is 7.16. The Morgan fingerprint density at radius 2 is 2.04 bits per heavy atom. The van der Waals surface area contributed by atoms with Crippen molar-refractivity contribution in [3.8, 4) is 5.75 Å². The summed E-state index contributed by atoms with van der Waals surface area (Å²) in [5.74, 6) is 0.00514. The number of carbonyl (C=O) groups excluding carboxylic acids is 2. The fourth-order valence-corrected chi connectivity index (χ4v) is 3.87. The molecule has 1 amide bonds. The number of anilines is 1. The molecule has 2 heterocycles. The number of hydrogen-bond acceptors (Lipinski definition) is 5. The summed E-state index contributed by atoms with van der Waals surface area (Å²) in [6.07, 6.45) is 0.529. The quantitative estimate of drug-likeness (QED) is 0.662. The number of rotatable bonds is 6. The summed E-state index contributed by atoms with van der Waals surface area (Å²) in [5.41, 5.74) is 1.02. The first-order valence-electron chi connectivity index (χ1n) is 8.20. The molecule has 0 saturated heterocycles. The number of aromatic nitrogens is 1. The molecule has 1 atom stereocenters. The summed E-state index contributed by atoms with van der Waals surface area (Å²) < 4.78 is 11.9. The number of ether oxygens (including phenoxy) is 2. The number of thiophene rings is 1. The van der Waals surface area contributed by atoms with Crippen LogP contribution in [0.3, 0.4) is 0 Å². The van der Waals surface area contributed by atoms with Gasteiger partial charge in [-0.1, -0.05) is 13.0 Å². The minimum Gasteiger partial charge on any atom is -0.497 e. The second-order valence-corrected chi connectivity index (χ2v) is 6.61. The molecule has 6 nitrogen and oxygen atoms in total. The van der Waals surface area contributed by atoms with Gasteiger partial charge in [0, 0.05) is 17.1 Å². The monoisotopic (exact) mass is 372 g/mol. The van der Waals surface area contributed by atoms with E-state index >= 15 is 0 Å². The number of nitrogens with one attached hydrogen (secondary N) is 1. The molecular formula is C19H20N2O4S. The number of fused-ring (bicyclic) bond motifs is 1. The summed E-state index contributed by atoms with van der Waals surface area (Å²) in [4.78, 5) is 26.0. The van der Waals surface area contributed by atoms with E-state index in [0.29, 0.717) is 23.6 Å². The Hall–Kier alpha value is -2.80. The molecule has 7 heteroatoms. The standard InChI is InChI=1S/C19H20N2O4S/c1-4-15(17(22)20-13-6-5-7-14(11-13)24-2)21-16(19(23)25-3)10-12-8-9-26-18(12)21/h5-11,15H,4H2,1-3H3,(H,20,22). The summed E-state index contributed by atoms with van der Waals surface area (Å²) in [6, 6.07) is 10.3. The van der Waals surface area contributed by atoms with Gasteiger partial charge in [-0.25, -0.2) is 4.79 Å². The minimum atomic E-state index is -0.536. The average Bonchev–Trinajstić information content (AvgIpc) is 3.24. The van der Waals surface area contributed by atoms with Crippen LogP contribution in [0.5, 0.6) is 5.75 Å². The molecule has 0 fully saturated rings. The van der Waals surface area contributed by atoms with Crippen LogP contribution in [0, 0.1) is 0 Å². The molecule has 1 N–H and O–H groups in total. The van der Waals surface area contributed by atoms with Crippen molar-refractivity contribution in [3.63, 3.8) is 0 Å². The normalized spacial score (nSPS) is 12.0. The van der Waals surface area contributed by atoms with Crippen LogP contribution < -0.4 is 10.1 Å². The third-order valence-electron chi connectivity index (χ3n) is 4.18. The number of esters is 1. The number of nitrogens with zero attached hydrogens (tertiary/aromatic N) is 1. The van der Waals surface area contributed by atoms with Gasteiger partial charge in [0.25, 0.3) is 0 Å². The third-order valence-corrected chi connectivity index (χ3v) is 5.11. The van der Waals surface area contributed by atoms with Gasteiger partial charge in [0.05, 0.1) is 14.2 Å². The first-order valence-corrected chi connectivity index (χ1v) is 9.08. The SMILES string of the molecule is CCC(C(=O)Nc1cccc(OC)c1)n1c(C(=O)OC)cc2ccsc21. The van der Waals surface area contributed by atoms with E-state index in [-0.39, 0.29) is 5.91 Å². The van der Waals surface area contributed by atoms with Crippen LogP contribution in [0.15, 0.2) is 41.8 Å². The molecule has 0 aliphatic heterocycles. The van der Waals surface area contributed by atoms with E-state index in [1.54, 1.807) is 29.9 Å². The van der Waals surface area contributed by atoms with Crippen molar-refractivity contribution in [3.05, 3.63) is 47.5 Å². The maximum Gasteiger partial charge on any atom is 0.354 e. The first-order chi connectivity index (χ1) is 12.6. The van der Waals surface area contributed by atoms with E-state index in [1.807, 2.05) is 30.5 Å². The van der Waals surface area contributed by atoms with Crippen molar-refractivity contribution in [1.29, 1.82) is 0 Å². The molecule has 0 saturated carbocycles. The fourth-order valence-electron chi connectivity index (χ4n) is 2.93. The zero-order valence-corrected chi connectivity index (χ0v) is 15.6. The highest BCUT2D eigenvalue weighted by atomic mass is 32.1. The van der Waals surface area contributed by atoms with Gasteiger partial charge in [-0.2, -0.15) is 0 Å². The van der Waals surface area contributed by atoms with E-state index < -0.39 is 12.0 Å². The molecule has 0 aliphatic rings. The molecule has 3 rings (SSSR count). The lowest BCUT2D eigenvalue weighted by Crippen LogP contribution is -2.27. The Kier molecular flexibility index (Phi) is 5.27. The molecular weight excluding hydrogens is 352 g/mol. The van der Waals surface area contributed by atoms with Crippen LogP contribution in [-0.2, 0) is 9.53 Å². The third kappa shape index (κ3) is 3.30. The lowest BCUT2D eigenvalue weighted by atomic mass is 10.2. The Labute approximate surface area is 155 Å². The van der Waals surface area contributed by atoms with Gasteiger partial charge in [0.1, 0.15) is 22.3 Å². The van der Waals surface area contributed by atoms with Crippen molar-refractivity contribution in [1.82, 2.24) is 4.57 Å². The molecule has 2 aromatic heterocycles. The molecule has 3 aromatic rings. The lowest BCUT2D eigenvalue weighted by molar-refractivity contribution is -0.119. The van der Waals surface area contributed by atoms with Gasteiger partial charge in [0.2, 0.25) is 5.91 Å². The molecule has 26 heavy (non-hydrogen) atoms. The van der Waals surface area contributed by atoms with Crippen LogP contribution in [0.2, 0.25) is 0 Å². The molecule has 0 spiro atoms. The predicted molar refractivity (Wildman–Crippen MR) is 102 cm³/mol. The van der Waals surface area contributed by atoms with Crippen LogP contribution in [0.25, 0.3) is 10.2 Å². The fraction of sp³-hybridized carbons (Fsp3) is 0.263. The molecule has 1 aromatic carbocycles. The first kappa shape index (κ1) is 18.0. The second-order valence-electron chi connectivity index (χ2n) is 5.72. The van der Waals surface area contributed by atoms with E-state index in [1.165, 1.54) is 18.4 Å². The van der Waals surface area contributed by atoms with Gasteiger partial charge >= 0.3 is 5.97 Å². The van der Waals surface area contributed by atoms with Crippen molar-refractivity contribution < 1.29 is 19.1 Å². The zero-order valence-electron chi connectivity index (χ0n) is 14.8. The Balaban J connectivity index is 1.97. The molecule has 136 valence electrons. The smallest absolute Gasteiger partial charge is 0.354 e. The van der Waals surface area contributed by atoms with Crippen molar-refractivity contribution in [2.75, 3.05) is 19.5 Å².